The molecule has 0 saturated heterocycles. The first-order chi connectivity index (χ1) is 8.34. The monoisotopic (exact) mass is 279 g/mol. The molecule has 7 nitrogen and oxygen atoms in total. The number of sulfonamides is 1. The number of carbonyl (C=O) groups excluding carboxylic acids is 1. The van der Waals surface area contributed by atoms with Gasteiger partial charge >= 0.3 is 11.9 Å². The van der Waals surface area contributed by atoms with Crippen molar-refractivity contribution in [1.82, 2.24) is 4.72 Å². The lowest BCUT2D eigenvalue weighted by atomic mass is 9.86. The summed E-state index contributed by atoms with van der Waals surface area (Å²) in [5.41, 5.74) is 0. The number of carbonyl (C=O) groups is 2. The molecule has 0 radical (unpaired) electrons. The molecule has 0 heterocycles. The fourth-order valence-electron chi connectivity index (χ4n) is 2.03. The Morgan fingerprint density at radius 3 is 2.61 bits per heavy atom. The Kier molecular flexibility index (Phi) is 5.09. The molecule has 2 atom stereocenters. The summed E-state index contributed by atoms with van der Waals surface area (Å²) in [6.07, 6.45) is 2.06. The van der Waals surface area contributed by atoms with E-state index in [4.69, 9.17) is 5.11 Å². The number of methoxy groups -OCH3 is 1. The zero-order chi connectivity index (χ0) is 13.8. The first-order valence-corrected chi connectivity index (χ1v) is 7.29. The minimum Gasteiger partial charge on any atom is -0.481 e. The number of esters is 1. The van der Waals surface area contributed by atoms with Gasteiger partial charge in [-0.2, -0.15) is 0 Å². The van der Waals surface area contributed by atoms with Gasteiger partial charge in [0, 0.05) is 6.04 Å². The van der Waals surface area contributed by atoms with Crippen LogP contribution in [0, 0.1) is 5.92 Å². The molecule has 2 unspecified atom stereocenters. The molecule has 8 heteroatoms. The molecule has 104 valence electrons. The van der Waals surface area contributed by atoms with Crippen LogP contribution in [-0.2, 0) is 24.3 Å². The Bertz CT molecular complexity index is 418. The van der Waals surface area contributed by atoms with Gasteiger partial charge in [0.2, 0.25) is 10.0 Å². The maximum atomic E-state index is 11.6. The van der Waals surface area contributed by atoms with Crippen LogP contribution < -0.4 is 4.72 Å². The summed E-state index contributed by atoms with van der Waals surface area (Å²) in [7, 11) is -2.65. The SMILES string of the molecule is COC(=O)CS(=O)(=O)NC1CCCC(C(=O)O)C1. The predicted octanol–water partition coefficient (Wildman–Crippen LogP) is -0.278. The normalized spacial score (nSPS) is 24.5. The van der Waals surface area contributed by atoms with Crippen LogP contribution in [-0.4, -0.2) is 44.4 Å². The second-order valence-electron chi connectivity index (χ2n) is 4.35. The van der Waals surface area contributed by atoms with Crippen LogP contribution >= 0.6 is 0 Å². The third-order valence-corrected chi connectivity index (χ3v) is 4.21. The molecule has 0 bridgehead atoms. The van der Waals surface area contributed by atoms with Gasteiger partial charge in [-0.15, -0.1) is 0 Å². The van der Waals surface area contributed by atoms with E-state index in [0.29, 0.717) is 19.3 Å². The number of carboxylic acid groups (broad SMARTS) is 1. The Morgan fingerprint density at radius 1 is 1.39 bits per heavy atom. The summed E-state index contributed by atoms with van der Waals surface area (Å²) in [4.78, 5) is 21.7. The molecule has 0 aromatic rings. The van der Waals surface area contributed by atoms with Gasteiger partial charge in [0.15, 0.2) is 5.75 Å². The van der Waals surface area contributed by atoms with Gasteiger partial charge in [-0.1, -0.05) is 6.42 Å². The highest BCUT2D eigenvalue weighted by atomic mass is 32.2. The minimum absolute atomic E-state index is 0.260. The summed E-state index contributed by atoms with van der Waals surface area (Å²) in [5.74, 6) is -3.01. The van der Waals surface area contributed by atoms with E-state index in [2.05, 4.69) is 9.46 Å². The maximum absolute atomic E-state index is 11.6. The van der Waals surface area contributed by atoms with Gasteiger partial charge < -0.3 is 9.84 Å². The van der Waals surface area contributed by atoms with Crippen molar-refractivity contribution >= 4 is 22.0 Å². The Balaban J connectivity index is 2.56. The molecule has 0 spiro atoms. The standard InChI is InChI=1S/C10H17NO6S/c1-17-9(12)6-18(15,16)11-8-4-2-3-7(5-8)10(13)14/h7-8,11H,2-6H2,1H3,(H,13,14). The lowest BCUT2D eigenvalue weighted by molar-refractivity contribution is -0.143. The third kappa shape index (κ3) is 4.61. The lowest BCUT2D eigenvalue weighted by Crippen LogP contribution is -2.42. The Morgan fingerprint density at radius 2 is 2.06 bits per heavy atom. The second-order valence-corrected chi connectivity index (χ2v) is 6.11. The van der Waals surface area contributed by atoms with Gasteiger partial charge in [0.05, 0.1) is 13.0 Å². The van der Waals surface area contributed by atoms with Crippen molar-refractivity contribution < 1.29 is 27.9 Å². The van der Waals surface area contributed by atoms with Crippen LogP contribution in [0.2, 0.25) is 0 Å². The highest BCUT2D eigenvalue weighted by Gasteiger charge is 2.30. The first kappa shape index (κ1) is 14.9. The zero-order valence-corrected chi connectivity index (χ0v) is 10.9. The van der Waals surface area contributed by atoms with E-state index < -0.39 is 39.7 Å². The van der Waals surface area contributed by atoms with Crippen molar-refractivity contribution in [2.75, 3.05) is 12.9 Å². The maximum Gasteiger partial charge on any atom is 0.322 e. The van der Waals surface area contributed by atoms with Crippen LogP contribution in [0.5, 0.6) is 0 Å². The summed E-state index contributed by atoms with van der Waals surface area (Å²) >= 11 is 0. The highest BCUT2D eigenvalue weighted by Crippen LogP contribution is 2.24. The molecule has 0 aromatic carbocycles. The van der Waals surface area contributed by atoms with Crippen molar-refractivity contribution in [3.05, 3.63) is 0 Å². The topological polar surface area (TPSA) is 110 Å². The summed E-state index contributed by atoms with van der Waals surface area (Å²) in [5, 5.41) is 8.89. The molecule has 0 aliphatic heterocycles. The molecule has 1 saturated carbocycles. The number of rotatable bonds is 5. The summed E-state index contributed by atoms with van der Waals surface area (Å²) in [6, 6.07) is -0.422. The fourth-order valence-corrected chi connectivity index (χ4v) is 3.26. The number of nitrogens with one attached hydrogen (secondary N) is 1. The number of ether oxygens (including phenoxy) is 1. The van der Waals surface area contributed by atoms with Gasteiger partial charge in [0.25, 0.3) is 0 Å². The van der Waals surface area contributed by atoms with E-state index in [1.54, 1.807) is 0 Å². The molecule has 1 rings (SSSR count). The molecule has 18 heavy (non-hydrogen) atoms. The average molecular weight is 279 g/mol. The molecule has 1 fully saturated rings. The van der Waals surface area contributed by atoms with E-state index in [9.17, 15) is 18.0 Å². The third-order valence-electron chi connectivity index (χ3n) is 2.91. The zero-order valence-electron chi connectivity index (χ0n) is 10.1. The van der Waals surface area contributed by atoms with Gasteiger partial charge in [0.1, 0.15) is 0 Å². The van der Waals surface area contributed by atoms with Crippen molar-refractivity contribution in [1.29, 1.82) is 0 Å². The molecule has 0 amide bonds. The predicted molar refractivity (Wildman–Crippen MR) is 62.3 cm³/mol. The van der Waals surface area contributed by atoms with E-state index in [1.807, 2.05) is 0 Å². The highest BCUT2D eigenvalue weighted by molar-refractivity contribution is 7.90. The van der Waals surface area contributed by atoms with E-state index in [1.165, 1.54) is 0 Å². The molecule has 1 aliphatic rings. The first-order valence-electron chi connectivity index (χ1n) is 5.63. The number of carboxylic acids is 1. The second kappa shape index (κ2) is 6.14. The number of aliphatic carboxylic acids is 1. The minimum atomic E-state index is -3.76. The van der Waals surface area contributed by atoms with Crippen LogP contribution in [0.3, 0.4) is 0 Å². The van der Waals surface area contributed by atoms with Crippen molar-refractivity contribution in [2.45, 2.75) is 31.7 Å². The fraction of sp³-hybridized carbons (Fsp3) is 0.800. The van der Waals surface area contributed by atoms with Gasteiger partial charge in [-0.05, 0) is 19.3 Å². The van der Waals surface area contributed by atoms with E-state index in [-0.39, 0.29) is 6.42 Å². The van der Waals surface area contributed by atoms with Crippen LogP contribution in [0.15, 0.2) is 0 Å². The average Bonchev–Trinajstić information content (AvgIpc) is 2.27. The number of hydrogen-bond acceptors (Lipinski definition) is 5. The van der Waals surface area contributed by atoms with E-state index >= 15 is 0 Å². The van der Waals surface area contributed by atoms with Crippen LogP contribution in [0.1, 0.15) is 25.7 Å². The molecular formula is C10H17NO6S. The van der Waals surface area contributed by atoms with Crippen molar-refractivity contribution in [2.24, 2.45) is 5.92 Å². The van der Waals surface area contributed by atoms with E-state index in [0.717, 1.165) is 7.11 Å². The largest absolute Gasteiger partial charge is 0.481 e. The van der Waals surface area contributed by atoms with Crippen LogP contribution in [0.25, 0.3) is 0 Å². The molecule has 0 aromatic heterocycles. The van der Waals surface area contributed by atoms with Crippen molar-refractivity contribution in [3.63, 3.8) is 0 Å². The molecule has 1 aliphatic carbocycles. The van der Waals surface area contributed by atoms with Crippen molar-refractivity contribution in [3.8, 4) is 0 Å². The number of hydrogen-bond donors (Lipinski definition) is 2. The molecule has 2 N–H and O–H groups in total. The summed E-state index contributed by atoms with van der Waals surface area (Å²) < 4.78 is 29.8. The quantitative estimate of drug-likeness (QED) is 0.670. The van der Waals surface area contributed by atoms with Gasteiger partial charge in [-0.3, -0.25) is 9.59 Å². The lowest BCUT2D eigenvalue weighted by Gasteiger charge is -2.26. The van der Waals surface area contributed by atoms with Gasteiger partial charge in [-0.25, -0.2) is 13.1 Å². The van der Waals surface area contributed by atoms with Crippen LogP contribution in [0.4, 0.5) is 0 Å². The Labute approximate surface area is 106 Å². The smallest absolute Gasteiger partial charge is 0.322 e. The summed E-state index contributed by atoms with van der Waals surface area (Å²) in [6.45, 7) is 0. The molecular weight excluding hydrogens is 262 g/mol. The Hall–Kier alpha value is -1.15.